The molecule has 1 aromatic heterocycles. The Morgan fingerprint density at radius 2 is 2.09 bits per heavy atom. The molecule has 1 amide bonds. The zero-order valence-electron chi connectivity index (χ0n) is 13.2. The number of anilines is 1. The van der Waals surface area contributed by atoms with Crippen LogP contribution in [0.2, 0.25) is 0 Å². The minimum atomic E-state index is -0.213. The SMILES string of the molecule is CN(C)c1ccc(CNC(=O)/C=C/c2ccccc2C#N)cn1. The normalized spacial score (nSPS) is 10.3. The number of nitrogens with one attached hydrogen (secondary N) is 1. The summed E-state index contributed by atoms with van der Waals surface area (Å²) in [5.74, 6) is 0.655. The van der Waals surface area contributed by atoms with Gasteiger partial charge in [-0.25, -0.2) is 4.98 Å². The van der Waals surface area contributed by atoms with Crippen LogP contribution in [0, 0.1) is 11.3 Å². The summed E-state index contributed by atoms with van der Waals surface area (Å²) < 4.78 is 0. The number of hydrogen-bond donors (Lipinski definition) is 1. The van der Waals surface area contributed by atoms with Crippen molar-refractivity contribution >= 4 is 17.8 Å². The Kier molecular flexibility index (Phi) is 5.48. The first-order valence-corrected chi connectivity index (χ1v) is 7.17. The van der Waals surface area contributed by atoms with Crippen LogP contribution in [-0.4, -0.2) is 25.0 Å². The van der Waals surface area contributed by atoms with E-state index in [2.05, 4.69) is 16.4 Å². The van der Waals surface area contributed by atoms with Crippen LogP contribution in [0.25, 0.3) is 6.08 Å². The fraction of sp³-hybridized carbons (Fsp3) is 0.167. The molecule has 0 saturated carbocycles. The number of nitrogens with zero attached hydrogens (tertiary/aromatic N) is 3. The van der Waals surface area contributed by atoms with E-state index in [0.717, 1.165) is 16.9 Å². The molecular weight excluding hydrogens is 288 g/mol. The molecule has 0 aliphatic rings. The number of pyridine rings is 1. The van der Waals surface area contributed by atoms with Gasteiger partial charge >= 0.3 is 0 Å². The largest absolute Gasteiger partial charge is 0.363 e. The van der Waals surface area contributed by atoms with Crippen molar-refractivity contribution in [3.8, 4) is 6.07 Å². The zero-order chi connectivity index (χ0) is 16.7. The van der Waals surface area contributed by atoms with E-state index < -0.39 is 0 Å². The molecule has 0 saturated heterocycles. The second-order valence-electron chi connectivity index (χ2n) is 5.17. The number of carbonyl (C=O) groups excluding carboxylic acids is 1. The summed E-state index contributed by atoms with van der Waals surface area (Å²) in [7, 11) is 3.85. The van der Waals surface area contributed by atoms with Crippen molar-refractivity contribution in [2.75, 3.05) is 19.0 Å². The molecule has 0 bridgehead atoms. The predicted molar refractivity (Wildman–Crippen MR) is 90.6 cm³/mol. The van der Waals surface area contributed by atoms with Crippen molar-refractivity contribution in [1.29, 1.82) is 5.26 Å². The molecule has 0 aliphatic heterocycles. The molecule has 23 heavy (non-hydrogen) atoms. The summed E-state index contributed by atoms with van der Waals surface area (Å²) in [6, 6.07) is 13.1. The molecule has 5 heteroatoms. The molecule has 1 heterocycles. The molecule has 0 atom stereocenters. The van der Waals surface area contributed by atoms with Gasteiger partial charge in [0.2, 0.25) is 5.91 Å². The van der Waals surface area contributed by atoms with Gasteiger partial charge < -0.3 is 10.2 Å². The monoisotopic (exact) mass is 306 g/mol. The number of hydrogen-bond acceptors (Lipinski definition) is 4. The number of nitriles is 1. The average molecular weight is 306 g/mol. The second kappa shape index (κ2) is 7.76. The van der Waals surface area contributed by atoms with Gasteiger partial charge in [-0.05, 0) is 29.3 Å². The van der Waals surface area contributed by atoms with Gasteiger partial charge in [0.1, 0.15) is 5.82 Å². The van der Waals surface area contributed by atoms with Crippen molar-refractivity contribution in [1.82, 2.24) is 10.3 Å². The molecule has 2 aromatic rings. The number of amides is 1. The maximum absolute atomic E-state index is 11.9. The van der Waals surface area contributed by atoms with E-state index in [-0.39, 0.29) is 5.91 Å². The Morgan fingerprint density at radius 3 is 2.74 bits per heavy atom. The van der Waals surface area contributed by atoms with E-state index >= 15 is 0 Å². The first kappa shape index (κ1) is 16.2. The maximum Gasteiger partial charge on any atom is 0.244 e. The lowest BCUT2D eigenvalue weighted by Gasteiger charge is -2.11. The van der Waals surface area contributed by atoms with Crippen LogP contribution in [0.1, 0.15) is 16.7 Å². The van der Waals surface area contributed by atoms with Crippen molar-refractivity contribution < 1.29 is 4.79 Å². The van der Waals surface area contributed by atoms with Crippen LogP contribution < -0.4 is 10.2 Å². The van der Waals surface area contributed by atoms with Crippen LogP contribution in [0.15, 0.2) is 48.7 Å². The lowest BCUT2D eigenvalue weighted by atomic mass is 10.1. The predicted octanol–water partition coefficient (Wildman–Crippen LogP) is 2.35. The third-order valence-electron chi connectivity index (χ3n) is 3.23. The fourth-order valence-corrected chi connectivity index (χ4v) is 1.94. The van der Waals surface area contributed by atoms with Crippen LogP contribution in [-0.2, 0) is 11.3 Å². The molecule has 5 nitrogen and oxygen atoms in total. The molecule has 0 spiro atoms. The van der Waals surface area contributed by atoms with Crippen LogP contribution in [0.5, 0.6) is 0 Å². The Bertz CT molecular complexity index is 742. The molecule has 0 aliphatic carbocycles. The van der Waals surface area contributed by atoms with Crippen molar-refractivity contribution in [3.63, 3.8) is 0 Å². The summed E-state index contributed by atoms with van der Waals surface area (Å²) in [5.41, 5.74) is 2.19. The first-order chi connectivity index (χ1) is 11.1. The molecular formula is C18H18N4O. The Balaban J connectivity index is 1.92. The van der Waals surface area contributed by atoms with E-state index in [4.69, 9.17) is 5.26 Å². The van der Waals surface area contributed by atoms with Crippen molar-refractivity contribution in [2.24, 2.45) is 0 Å². The highest BCUT2D eigenvalue weighted by atomic mass is 16.1. The fourth-order valence-electron chi connectivity index (χ4n) is 1.94. The number of benzene rings is 1. The molecule has 2 rings (SSSR count). The van der Waals surface area contributed by atoms with E-state index in [1.54, 1.807) is 30.5 Å². The highest BCUT2D eigenvalue weighted by molar-refractivity contribution is 5.92. The Hall–Kier alpha value is -3.13. The first-order valence-electron chi connectivity index (χ1n) is 7.17. The summed E-state index contributed by atoms with van der Waals surface area (Å²) in [5, 5.41) is 11.8. The Morgan fingerprint density at radius 1 is 1.30 bits per heavy atom. The van der Waals surface area contributed by atoms with Gasteiger partial charge in [-0.15, -0.1) is 0 Å². The average Bonchev–Trinajstić information content (AvgIpc) is 2.58. The quantitative estimate of drug-likeness (QED) is 0.861. The molecule has 0 unspecified atom stereocenters. The van der Waals surface area contributed by atoms with Gasteiger partial charge in [-0.3, -0.25) is 4.79 Å². The zero-order valence-corrected chi connectivity index (χ0v) is 13.2. The smallest absolute Gasteiger partial charge is 0.244 e. The Labute approximate surface area is 135 Å². The van der Waals surface area contributed by atoms with E-state index in [0.29, 0.717) is 12.1 Å². The second-order valence-corrected chi connectivity index (χ2v) is 5.17. The van der Waals surface area contributed by atoms with Crippen molar-refractivity contribution in [2.45, 2.75) is 6.54 Å². The number of rotatable bonds is 5. The number of aromatic nitrogens is 1. The molecule has 1 N–H and O–H groups in total. The molecule has 116 valence electrons. The minimum absolute atomic E-state index is 0.213. The van der Waals surface area contributed by atoms with Crippen LogP contribution in [0.3, 0.4) is 0 Å². The lowest BCUT2D eigenvalue weighted by Crippen LogP contribution is -2.20. The summed E-state index contributed by atoms with van der Waals surface area (Å²) in [6.45, 7) is 0.407. The van der Waals surface area contributed by atoms with E-state index in [9.17, 15) is 4.79 Å². The van der Waals surface area contributed by atoms with Gasteiger partial charge in [0, 0.05) is 32.9 Å². The highest BCUT2D eigenvalue weighted by Crippen LogP contribution is 2.09. The summed E-state index contributed by atoms with van der Waals surface area (Å²) in [4.78, 5) is 18.1. The van der Waals surface area contributed by atoms with Gasteiger partial charge in [-0.2, -0.15) is 5.26 Å². The van der Waals surface area contributed by atoms with Gasteiger partial charge in [0.25, 0.3) is 0 Å². The third kappa shape index (κ3) is 4.68. The lowest BCUT2D eigenvalue weighted by molar-refractivity contribution is -0.116. The molecule has 1 aromatic carbocycles. The highest BCUT2D eigenvalue weighted by Gasteiger charge is 2.01. The van der Waals surface area contributed by atoms with E-state index in [1.807, 2.05) is 37.2 Å². The topological polar surface area (TPSA) is 69.0 Å². The van der Waals surface area contributed by atoms with Crippen LogP contribution in [0.4, 0.5) is 5.82 Å². The van der Waals surface area contributed by atoms with Gasteiger partial charge in [-0.1, -0.05) is 24.3 Å². The van der Waals surface area contributed by atoms with E-state index in [1.165, 1.54) is 6.08 Å². The number of carbonyl (C=O) groups is 1. The maximum atomic E-state index is 11.9. The molecule has 0 radical (unpaired) electrons. The standard InChI is InChI=1S/C18H18N4O/c1-22(2)17-9-7-14(12-20-17)13-21-18(23)10-8-15-5-3-4-6-16(15)11-19/h3-10,12H,13H2,1-2H3,(H,21,23)/b10-8+. The van der Waals surface area contributed by atoms with Crippen LogP contribution >= 0.6 is 0 Å². The van der Waals surface area contributed by atoms with Gasteiger partial charge in [0.15, 0.2) is 0 Å². The van der Waals surface area contributed by atoms with Crippen molar-refractivity contribution in [3.05, 3.63) is 65.4 Å². The third-order valence-corrected chi connectivity index (χ3v) is 3.23. The summed E-state index contributed by atoms with van der Waals surface area (Å²) in [6.07, 6.45) is 4.81. The molecule has 0 fully saturated rings. The summed E-state index contributed by atoms with van der Waals surface area (Å²) >= 11 is 0. The van der Waals surface area contributed by atoms with Gasteiger partial charge in [0.05, 0.1) is 11.6 Å². The minimum Gasteiger partial charge on any atom is -0.363 e.